The third kappa shape index (κ3) is 2.68. The molecule has 1 heterocycles. The van der Waals surface area contributed by atoms with E-state index in [2.05, 4.69) is 5.32 Å². The van der Waals surface area contributed by atoms with Crippen LogP contribution in [-0.2, 0) is 4.74 Å². The molecule has 1 aliphatic heterocycles. The lowest BCUT2D eigenvalue weighted by Gasteiger charge is -2.23. The van der Waals surface area contributed by atoms with Crippen molar-refractivity contribution in [1.29, 1.82) is 0 Å². The fourth-order valence-electron chi connectivity index (χ4n) is 1.97. The molecule has 0 radical (unpaired) electrons. The zero-order chi connectivity index (χ0) is 11.4. The highest BCUT2D eigenvalue weighted by Gasteiger charge is 2.18. The average molecular weight is 219 g/mol. The van der Waals surface area contributed by atoms with Crippen LogP contribution in [0.4, 0.5) is 0 Å². The molecule has 2 rings (SSSR count). The van der Waals surface area contributed by atoms with Crippen LogP contribution in [0.15, 0.2) is 24.3 Å². The molecular weight excluding hydrogens is 202 g/mol. The molecule has 1 aromatic rings. The number of rotatable bonds is 3. The van der Waals surface area contributed by atoms with Crippen LogP contribution >= 0.6 is 0 Å². The number of hydrogen-bond donors (Lipinski definition) is 1. The maximum absolute atomic E-state index is 12.0. The zero-order valence-corrected chi connectivity index (χ0v) is 9.53. The average Bonchev–Trinajstić information content (AvgIpc) is 2.31. The van der Waals surface area contributed by atoms with Gasteiger partial charge in [0.15, 0.2) is 5.78 Å². The molecular formula is C13H17NO2. The first kappa shape index (κ1) is 11.3. The van der Waals surface area contributed by atoms with Crippen LogP contribution in [0, 0.1) is 6.92 Å². The van der Waals surface area contributed by atoms with Crippen LogP contribution in [0.2, 0.25) is 0 Å². The van der Waals surface area contributed by atoms with Gasteiger partial charge in [0.05, 0.1) is 13.2 Å². The van der Waals surface area contributed by atoms with E-state index < -0.39 is 0 Å². The summed E-state index contributed by atoms with van der Waals surface area (Å²) in [6, 6.07) is 7.89. The summed E-state index contributed by atoms with van der Waals surface area (Å²) in [5, 5.41) is 3.29. The van der Waals surface area contributed by atoms with Crippen molar-refractivity contribution in [1.82, 2.24) is 5.32 Å². The number of carbonyl (C=O) groups excluding carboxylic acids is 1. The highest BCUT2D eigenvalue weighted by Crippen LogP contribution is 2.12. The number of morpholine rings is 1. The first-order chi connectivity index (χ1) is 7.77. The number of hydrogen-bond acceptors (Lipinski definition) is 3. The molecule has 1 saturated heterocycles. The Morgan fingerprint density at radius 3 is 3.00 bits per heavy atom. The van der Waals surface area contributed by atoms with Crippen LogP contribution in [0.3, 0.4) is 0 Å². The largest absolute Gasteiger partial charge is 0.378 e. The van der Waals surface area contributed by atoms with Crippen molar-refractivity contribution in [2.45, 2.75) is 19.4 Å². The molecule has 0 saturated carbocycles. The summed E-state index contributed by atoms with van der Waals surface area (Å²) in [5.74, 6) is 0.195. The van der Waals surface area contributed by atoms with Crippen LogP contribution in [0.5, 0.6) is 0 Å². The van der Waals surface area contributed by atoms with Gasteiger partial charge in [0.25, 0.3) is 0 Å². The van der Waals surface area contributed by atoms with Gasteiger partial charge in [-0.25, -0.2) is 0 Å². The molecule has 0 amide bonds. The molecule has 0 bridgehead atoms. The second-order valence-corrected chi connectivity index (χ2v) is 4.17. The summed E-state index contributed by atoms with van der Waals surface area (Å²) in [4.78, 5) is 12.0. The van der Waals surface area contributed by atoms with E-state index in [-0.39, 0.29) is 11.8 Å². The molecule has 16 heavy (non-hydrogen) atoms. The van der Waals surface area contributed by atoms with Crippen molar-refractivity contribution < 1.29 is 9.53 Å². The first-order valence-corrected chi connectivity index (χ1v) is 5.67. The molecule has 1 fully saturated rings. The minimum absolute atomic E-state index is 0.167. The summed E-state index contributed by atoms with van der Waals surface area (Å²) in [5.41, 5.74) is 1.87. The quantitative estimate of drug-likeness (QED) is 0.784. The number of benzene rings is 1. The summed E-state index contributed by atoms with van der Waals surface area (Å²) < 4.78 is 5.33. The van der Waals surface area contributed by atoms with Gasteiger partial charge in [-0.1, -0.05) is 24.3 Å². The third-order valence-electron chi connectivity index (χ3n) is 2.88. The van der Waals surface area contributed by atoms with Gasteiger partial charge in [-0.05, 0) is 12.5 Å². The molecule has 0 aromatic heterocycles. The minimum Gasteiger partial charge on any atom is -0.378 e. The number of ketones is 1. The van der Waals surface area contributed by atoms with E-state index in [0.29, 0.717) is 13.0 Å². The fourth-order valence-corrected chi connectivity index (χ4v) is 1.97. The van der Waals surface area contributed by atoms with Gasteiger partial charge in [-0.3, -0.25) is 4.79 Å². The number of nitrogens with one attached hydrogen (secondary N) is 1. The van der Waals surface area contributed by atoms with Gasteiger partial charge in [0, 0.05) is 24.6 Å². The second kappa shape index (κ2) is 5.23. The maximum Gasteiger partial charge on any atom is 0.164 e. The molecule has 3 heteroatoms. The van der Waals surface area contributed by atoms with Gasteiger partial charge in [-0.2, -0.15) is 0 Å². The van der Waals surface area contributed by atoms with Crippen LogP contribution < -0.4 is 5.32 Å². The Balaban J connectivity index is 2.00. The predicted octanol–water partition coefficient (Wildman–Crippen LogP) is 1.56. The number of aryl methyl sites for hydroxylation is 1. The van der Waals surface area contributed by atoms with Crippen molar-refractivity contribution in [3.63, 3.8) is 0 Å². The van der Waals surface area contributed by atoms with Crippen molar-refractivity contribution in [2.24, 2.45) is 0 Å². The smallest absolute Gasteiger partial charge is 0.164 e. The molecule has 1 aromatic carbocycles. The molecule has 1 unspecified atom stereocenters. The summed E-state index contributed by atoms with van der Waals surface area (Å²) in [6.07, 6.45) is 0.519. The summed E-state index contributed by atoms with van der Waals surface area (Å²) in [6.45, 7) is 4.19. The Morgan fingerprint density at radius 1 is 1.50 bits per heavy atom. The molecule has 0 spiro atoms. The summed E-state index contributed by atoms with van der Waals surface area (Å²) in [7, 11) is 0. The van der Waals surface area contributed by atoms with E-state index in [0.717, 1.165) is 24.3 Å². The van der Waals surface area contributed by atoms with E-state index in [4.69, 9.17) is 4.74 Å². The Bertz CT molecular complexity index is 370. The van der Waals surface area contributed by atoms with Gasteiger partial charge < -0.3 is 10.1 Å². The van der Waals surface area contributed by atoms with Gasteiger partial charge in [-0.15, -0.1) is 0 Å². The summed E-state index contributed by atoms with van der Waals surface area (Å²) >= 11 is 0. The van der Waals surface area contributed by atoms with Crippen LogP contribution in [0.1, 0.15) is 22.3 Å². The normalized spacial score (nSPS) is 20.7. The Hall–Kier alpha value is -1.19. The highest BCUT2D eigenvalue weighted by molar-refractivity contribution is 5.97. The van der Waals surface area contributed by atoms with Gasteiger partial charge in [0.2, 0.25) is 0 Å². The van der Waals surface area contributed by atoms with Crippen molar-refractivity contribution in [3.05, 3.63) is 35.4 Å². The maximum atomic E-state index is 12.0. The zero-order valence-electron chi connectivity index (χ0n) is 9.53. The van der Waals surface area contributed by atoms with Gasteiger partial charge in [0.1, 0.15) is 0 Å². The number of Topliss-reactive ketones (excluding diaryl/α,β-unsaturated/α-hetero) is 1. The van der Waals surface area contributed by atoms with E-state index >= 15 is 0 Å². The predicted molar refractivity (Wildman–Crippen MR) is 62.7 cm³/mol. The van der Waals surface area contributed by atoms with E-state index in [9.17, 15) is 4.79 Å². The van der Waals surface area contributed by atoms with Crippen molar-refractivity contribution in [3.8, 4) is 0 Å². The lowest BCUT2D eigenvalue weighted by molar-refractivity contribution is 0.0676. The number of ether oxygens (including phenoxy) is 1. The Kier molecular flexibility index (Phi) is 3.70. The second-order valence-electron chi connectivity index (χ2n) is 4.17. The van der Waals surface area contributed by atoms with Crippen molar-refractivity contribution in [2.75, 3.05) is 19.8 Å². The first-order valence-electron chi connectivity index (χ1n) is 5.67. The van der Waals surface area contributed by atoms with E-state index in [1.165, 1.54) is 0 Å². The third-order valence-corrected chi connectivity index (χ3v) is 2.88. The molecule has 3 nitrogen and oxygen atoms in total. The highest BCUT2D eigenvalue weighted by atomic mass is 16.5. The SMILES string of the molecule is Cc1ccccc1C(=O)CC1COCCN1. The Labute approximate surface area is 95.8 Å². The molecule has 1 N–H and O–H groups in total. The molecule has 86 valence electrons. The molecule has 0 aliphatic carbocycles. The van der Waals surface area contributed by atoms with Crippen LogP contribution in [0.25, 0.3) is 0 Å². The van der Waals surface area contributed by atoms with E-state index in [1.807, 2.05) is 31.2 Å². The topological polar surface area (TPSA) is 38.3 Å². The van der Waals surface area contributed by atoms with Crippen LogP contribution in [-0.4, -0.2) is 31.6 Å². The van der Waals surface area contributed by atoms with E-state index in [1.54, 1.807) is 0 Å². The fraction of sp³-hybridized carbons (Fsp3) is 0.462. The lowest BCUT2D eigenvalue weighted by atomic mass is 9.99. The van der Waals surface area contributed by atoms with Crippen molar-refractivity contribution >= 4 is 5.78 Å². The monoisotopic (exact) mass is 219 g/mol. The molecule has 1 atom stereocenters. The number of carbonyl (C=O) groups is 1. The molecule has 1 aliphatic rings. The standard InChI is InChI=1S/C13H17NO2/c1-10-4-2-3-5-12(10)13(15)8-11-9-16-7-6-14-11/h2-5,11,14H,6-9H2,1H3. The lowest BCUT2D eigenvalue weighted by Crippen LogP contribution is -2.42. The minimum atomic E-state index is 0.167. The Morgan fingerprint density at radius 2 is 2.31 bits per heavy atom. The van der Waals surface area contributed by atoms with Gasteiger partial charge >= 0.3 is 0 Å².